The van der Waals surface area contributed by atoms with Crippen LogP contribution in [-0.4, -0.2) is 24.6 Å². The third-order valence-corrected chi connectivity index (χ3v) is 6.86. The number of hydrogen-bond donors (Lipinski definition) is 0. The third kappa shape index (κ3) is 11.6. The molecule has 0 saturated heterocycles. The van der Waals surface area contributed by atoms with E-state index in [2.05, 4.69) is 24.3 Å². The number of hydrogen-bond acceptors (Lipinski definition) is 5. The smallest absolute Gasteiger partial charge is 0.310 e. The van der Waals surface area contributed by atoms with Gasteiger partial charge in [0, 0.05) is 0 Å². The predicted molar refractivity (Wildman–Crippen MR) is 164 cm³/mol. The summed E-state index contributed by atoms with van der Waals surface area (Å²) in [5.74, 6) is -1.21. The van der Waals surface area contributed by atoms with Crippen LogP contribution in [0.3, 0.4) is 0 Å². The van der Waals surface area contributed by atoms with Gasteiger partial charge in [-0.3, -0.25) is 9.59 Å². The zero-order valence-electron chi connectivity index (χ0n) is 24.9. The van der Waals surface area contributed by atoms with Crippen LogP contribution in [-0.2, 0) is 32.1 Å². The molecule has 0 aromatic heterocycles. The molecule has 0 heterocycles. The Morgan fingerprint density at radius 3 is 2.00 bits per heavy atom. The SMILES string of the molecule is COc1ccc(/C=C/C[C@H](C(=O)OC(C)(C)C)[C@@H](CCCCCc2ccccc2)C(=O)OCc2ccccc2)cc1. The molecule has 0 unspecified atom stereocenters. The molecule has 0 saturated carbocycles. The number of esters is 2. The lowest BCUT2D eigenvalue weighted by Crippen LogP contribution is -2.36. The average Bonchev–Trinajstić information content (AvgIpc) is 2.97. The van der Waals surface area contributed by atoms with E-state index in [-0.39, 0.29) is 18.5 Å². The summed E-state index contributed by atoms with van der Waals surface area (Å²) in [5, 5.41) is 0. The van der Waals surface area contributed by atoms with Gasteiger partial charge in [-0.05, 0) is 75.3 Å². The van der Waals surface area contributed by atoms with E-state index in [4.69, 9.17) is 14.2 Å². The molecule has 3 aromatic carbocycles. The maximum Gasteiger partial charge on any atom is 0.310 e. The molecular formula is C36H44O5. The van der Waals surface area contributed by atoms with E-state index in [0.717, 1.165) is 42.6 Å². The van der Waals surface area contributed by atoms with Gasteiger partial charge in [0.15, 0.2) is 0 Å². The molecule has 0 fully saturated rings. The number of unbranched alkanes of at least 4 members (excludes halogenated alkanes) is 2. The number of benzene rings is 3. The molecule has 0 bridgehead atoms. The maximum absolute atomic E-state index is 13.5. The molecule has 0 N–H and O–H groups in total. The Morgan fingerprint density at radius 1 is 0.756 bits per heavy atom. The van der Waals surface area contributed by atoms with E-state index >= 15 is 0 Å². The lowest BCUT2D eigenvalue weighted by molar-refractivity contribution is -0.169. The lowest BCUT2D eigenvalue weighted by atomic mass is 9.84. The summed E-state index contributed by atoms with van der Waals surface area (Å²) in [6.45, 7) is 5.72. The molecule has 0 amide bonds. The Balaban J connectivity index is 1.74. The second-order valence-electron chi connectivity index (χ2n) is 11.3. The van der Waals surface area contributed by atoms with Crippen molar-refractivity contribution in [3.05, 3.63) is 108 Å². The van der Waals surface area contributed by atoms with Crippen molar-refractivity contribution in [1.29, 1.82) is 0 Å². The molecule has 0 aliphatic heterocycles. The van der Waals surface area contributed by atoms with Crippen molar-refractivity contribution in [1.82, 2.24) is 0 Å². The molecule has 0 spiro atoms. The van der Waals surface area contributed by atoms with Crippen molar-refractivity contribution in [2.75, 3.05) is 7.11 Å². The molecule has 0 aliphatic carbocycles. The average molecular weight is 557 g/mol. The van der Waals surface area contributed by atoms with E-state index in [1.807, 2.05) is 93.6 Å². The molecule has 3 aromatic rings. The Morgan fingerprint density at radius 2 is 1.39 bits per heavy atom. The molecule has 5 heteroatoms. The van der Waals surface area contributed by atoms with Crippen LogP contribution in [0.15, 0.2) is 91.0 Å². The molecular weight excluding hydrogens is 512 g/mol. The molecule has 0 aliphatic rings. The van der Waals surface area contributed by atoms with Crippen LogP contribution in [0.5, 0.6) is 5.75 Å². The summed E-state index contributed by atoms with van der Waals surface area (Å²) in [7, 11) is 1.63. The van der Waals surface area contributed by atoms with E-state index in [1.54, 1.807) is 7.11 Å². The summed E-state index contributed by atoms with van der Waals surface area (Å²) in [6.07, 6.45) is 8.62. The van der Waals surface area contributed by atoms with Gasteiger partial charge in [0.05, 0.1) is 18.9 Å². The summed E-state index contributed by atoms with van der Waals surface area (Å²) in [6, 6.07) is 27.7. The van der Waals surface area contributed by atoms with Crippen molar-refractivity contribution >= 4 is 18.0 Å². The standard InChI is InChI=1S/C36H44O5/c1-36(2,3)41-35(38)33(22-14-20-29-23-25-31(39-4)26-24-29)32(34(37)40-27-30-18-11-6-12-19-30)21-13-7-10-17-28-15-8-5-9-16-28/h5-6,8-9,11-12,14-16,18-20,23-26,32-33H,7,10,13,17,21-22,27H2,1-4H3/b20-14+/t32-,33+/m1/s1. The largest absolute Gasteiger partial charge is 0.497 e. The van der Waals surface area contributed by atoms with E-state index in [9.17, 15) is 9.59 Å². The van der Waals surface area contributed by atoms with Crippen LogP contribution in [0.4, 0.5) is 0 Å². The Kier molecular flexibility index (Phi) is 12.7. The third-order valence-electron chi connectivity index (χ3n) is 6.86. The van der Waals surface area contributed by atoms with Gasteiger partial charge in [-0.2, -0.15) is 0 Å². The number of aryl methyl sites for hydroxylation is 1. The normalized spacial score (nSPS) is 13.0. The Labute approximate surface area is 245 Å². The predicted octanol–water partition coefficient (Wildman–Crippen LogP) is 8.22. The number of allylic oxidation sites excluding steroid dienone is 1. The maximum atomic E-state index is 13.5. The number of rotatable bonds is 15. The molecule has 3 rings (SSSR count). The van der Waals surface area contributed by atoms with Crippen LogP contribution in [0.2, 0.25) is 0 Å². The van der Waals surface area contributed by atoms with Gasteiger partial charge in [0.1, 0.15) is 18.0 Å². The second kappa shape index (κ2) is 16.4. The second-order valence-corrected chi connectivity index (χ2v) is 11.3. The fraction of sp³-hybridized carbons (Fsp3) is 0.389. The van der Waals surface area contributed by atoms with Crippen molar-refractivity contribution in [2.45, 2.75) is 71.5 Å². The van der Waals surface area contributed by atoms with Gasteiger partial charge in [0.2, 0.25) is 0 Å². The molecule has 2 atom stereocenters. The van der Waals surface area contributed by atoms with Crippen LogP contribution in [0.25, 0.3) is 6.08 Å². The highest BCUT2D eigenvalue weighted by Gasteiger charge is 2.36. The van der Waals surface area contributed by atoms with Gasteiger partial charge >= 0.3 is 11.9 Å². The Hall–Kier alpha value is -3.86. The first-order valence-corrected chi connectivity index (χ1v) is 14.5. The molecule has 218 valence electrons. The van der Waals surface area contributed by atoms with Crippen LogP contribution >= 0.6 is 0 Å². The monoisotopic (exact) mass is 556 g/mol. The number of carbonyl (C=O) groups excluding carboxylic acids is 2. The van der Waals surface area contributed by atoms with E-state index in [0.29, 0.717) is 12.8 Å². The van der Waals surface area contributed by atoms with Crippen molar-refractivity contribution in [2.24, 2.45) is 11.8 Å². The number of methoxy groups -OCH3 is 1. The van der Waals surface area contributed by atoms with Crippen molar-refractivity contribution < 1.29 is 23.8 Å². The van der Waals surface area contributed by atoms with E-state index < -0.39 is 17.4 Å². The highest BCUT2D eigenvalue weighted by atomic mass is 16.6. The number of ether oxygens (including phenoxy) is 3. The molecule has 41 heavy (non-hydrogen) atoms. The summed E-state index contributed by atoms with van der Waals surface area (Å²) in [4.78, 5) is 27.0. The number of carbonyl (C=O) groups is 2. The zero-order valence-corrected chi connectivity index (χ0v) is 24.9. The first kappa shape index (κ1) is 31.7. The first-order valence-electron chi connectivity index (χ1n) is 14.5. The van der Waals surface area contributed by atoms with Gasteiger partial charge in [-0.1, -0.05) is 97.8 Å². The fourth-order valence-corrected chi connectivity index (χ4v) is 4.70. The van der Waals surface area contributed by atoms with Gasteiger partial charge in [-0.25, -0.2) is 0 Å². The summed E-state index contributed by atoms with van der Waals surface area (Å²) >= 11 is 0. The topological polar surface area (TPSA) is 61.8 Å². The van der Waals surface area contributed by atoms with Crippen molar-refractivity contribution in [3.8, 4) is 5.75 Å². The highest BCUT2D eigenvalue weighted by Crippen LogP contribution is 2.29. The van der Waals surface area contributed by atoms with Gasteiger partial charge < -0.3 is 14.2 Å². The summed E-state index contributed by atoms with van der Waals surface area (Å²) < 4.78 is 16.8. The van der Waals surface area contributed by atoms with E-state index in [1.165, 1.54) is 5.56 Å². The fourth-order valence-electron chi connectivity index (χ4n) is 4.70. The van der Waals surface area contributed by atoms with Crippen LogP contribution in [0.1, 0.15) is 69.6 Å². The van der Waals surface area contributed by atoms with Crippen LogP contribution in [0, 0.1) is 11.8 Å². The minimum atomic E-state index is -0.663. The molecule has 0 radical (unpaired) electrons. The molecule has 5 nitrogen and oxygen atoms in total. The van der Waals surface area contributed by atoms with Crippen LogP contribution < -0.4 is 4.74 Å². The van der Waals surface area contributed by atoms with Gasteiger partial charge in [-0.15, -0.1) is 0 Å². The van der Waals surface area contributed by atoms with Gasteiger partial charge in [0.25, 0.3) is 0 Å². The highest BCUT2D eigenvalue weighted by molar-refractivity contribution is 5.82. The quantitative estimate of drug-likeness (QED) is 0.139. The minimum absolute atomic E-state index is 0.174. The Bertz CT molecular complexity index is 1210. The minimum Gasteiger partial charge on any atom is -0.497 e. The first-order chi connectivity index (χ1) is 19.7. The summed E-state index contributed by atoms with van der Waals surface area (Å²) in [5.41, 5.74) is 2.54. The zero-order chi connectivity index (χ0) is 29.5. The lowest BCUT2D eigenvalue weighted by Gasteiger charge is -2.28. The van der Waals surface area contributed by atoms with Crippen molar-refractivity contribution in [3.63, 3.8) is 0 Å².